The Labute approximate surface area is 89.8 Å². The predicted octanol–water partition coefficient (Wildman–Crippen LogP) is 2.37. The number of hydrogen-bond acceptors (Lipinski definition) is 4. The summed E-state index contributed by atoms with van der Waals surface area (Å²) in [6.45, 7) is 2.66. The largest absolute Gasteiger partial charge is 0.465 e. The van der Waals surface area contributed by atoms with Crippen molar-refractivity contribution in [1.29, 1.82) is 5.26 Å². The van der Waals surface area contributed by atoms with Crippen LogP contribution in [-0.2, 0) is 9.53 Å². The maximum absolute atomic E-state index is 11.0. The molecule has 0 atom stereocenters. The molecule has 0 fully saturated rings. The van der Waals surface area contributed by atoms with Gasteiger partial charge in [-0.25, -0.2) is 0 Å². The number of rotatable bonds is 8. The van der Waals surface area contributed by atoms with E-state index < -0.39 is 0 Å². The Kier molecular flexibility index (Phi) is 9.88. The fourth-order valence-electron chi connectivity index (χ4n) is 0.937. The summed E-state index contributed by atoms with van der Waals surface area (Å²) in [5.41, 5.74) is 0. The van der Waals surface area contributed by atoms with Crippen molar-refractivity contribution in [3.63, 3.8) is 0 Å². The van der Waals surface area contributed by atoms with Gasteiger partial charge in [0.25, 0.3) is 0 Å². The van der Waals surface area contributed by atoms with E-state index >= 15 is 0 Å². The van der Waals surface area contributed by atoms with E-state index in [1.165, 1.54) is 24.6 Å². The zero-order valence-corrected chi connectivity index (χ0v) is 9.44. The molecule has 0 amide bonds. The molecular weight excluding hydrogens is 198 g/mol. The van der Waals surface area contributed by atoms with Gasteiger partial charge in [0.05, 0.1) is 24.2 Å². The molecule has 0 rings (SSSR count). The van der Waals surface area contributed by atoms with Crippen LogP contribution in [0, 0.1) is 11.3 Å². The number of carbonyl (C=O) groups excluding carboxylic acids is 1. The van der Waals surface area contributed by atoms with Crippen molar-refractivity contribution in [1.82, 2.24) is 0 Å². The van der Waals surface area contributed by atoms with Gasteiger partial charge in [0.1, 0.15) is 0 Å². The summed E-state index contributed by atoms with van der Waals surface area (Å²) in [4.78, 5) is 11.0. The Balaban J connectivity index is 3.15. The fraction of sp³-hybridized carbons (Fsp3) is 0.800. The number of esters is 1. The van der Waals surface area contributed by atoms with Crippen molar-refractivity contribution >= 4 is 17.7 Å². The third-order valence-corrected chi connectivity index (χ3v) is 2.42. The average Bonchev–Trinajstić information content (AvgIpc) is 2.18. The van der Waals surface area contributed by atoms with Crippen LogP contribution in [-0.4, -0.2) is 24.1 Å². The van der Waals surface area contributed by atoms with Crippen LogP contribution in [0.2, 0.25) is 0 Å². The Bertz CT molecular complexity index is 189. The van der Waals surface area contributed by atoms with Crippen molar-refractivity contribution in [2.75, 3.05) is 18.1 Å². The van der Waals surface area contributed by atoms with Crippen molar-refractivity contribution in [3.8, 4) is 6.07 Å². The second-order valence-corrected chi connectivity index (χ2v) is 3.92. The number of ether oxygens (including phenoxy) is 1. The van der Waals surface area contributed by atoms with Crippen LogP contribution in [0.15, 0.2) is 0 Å². The molecule has 0 aromatic rings. The van der Waals surface area contributed by atoms with E-state index in [0.717, 1.165) is 12.8 Å². The molecular formula is C10H17NO2S. The molecule has 0 radical (unpaired) electrons. The summed E-state index contributed by atoms with van der Waals surface area (Å²) in [7, 11) is 0. The first kappa shape index (κ1) is 13.3. The minimum absolute atomic E-state index is 0.207. The zero-order chi connectivity index (χ0) is 10.6. The summed E-state index contributed by atoms with van der Waals surface area (Å²) in [6.07, 6.45) is 4.45. The van der Waals surface area contributed by atoms with Gasteiger partial charge >= 0.3 is 5.97 Å². The van der Waals surface area contributed by atoms with Gasteiger partial charge in [-0.1, -0.05) is 26.2 Å². The van der Waals surface area contributed by atoms with E-state index in [0.29, 0.717) is 18.1 Å². The van der Waals surface area contributed by atoms with Crippen LogP contribution >= 0.6 is 11.8 Å². The minimum Gasteiger partial charge on any atom is -0.465 e. The predicted molar refractivity (Wildman–Crippen MR) is 58.0 cm³/mol. The second-order valence-electron chi connectivity index (χ2n) is 2.93. The molecule has 0 aliphatic carbocycles. The van der Waals surface area contributed by atoms with Crippen LogP contribution in [0.5, 0.6) is 0 Å². The molecule has 14 heavy (non-hydrogen) atoms. The topological polar surface area (TPSA) is 50.1 Å². The molecule has 0 spiro atoms. The molecule has 3 nitrogen and oxygen atoms in total. The first-order valence-electron chi connectivity index (χ1n) is 4.91. The lowest BCUT2D eigenvalue weighted by Crippen LogP contribution is -2.08. The lowest BCUT2D eigenvalue weighted by Gasteiger charge is -2.02. The van der Waals surface area contributed by atoms with Crippen LogP contribution < -0.4 is 0 Å². The number of unbranched alkanes of at least 4 members (excludes halogenated alkanes) is 3. The van der Waals surface area contributed by atoms with Gasteiger partial charge in [0.2, 0.25) is 0 Å². The molecule has 0 N–H and O–H groups in total. The highest BCUT2D eigenvalue weighted by Gasteiger charge is 2.01. The zero-order valence-electron chi connectivity index (χ0n) is 8.62. The van der Waals surface area contributed by atoms with Crippen molar-refractivity contribution in [2.24, 2.45) is 0 Å². The van der Waals surface area contributed by atoms with Gasteiger partial charge in [-0.2, -0.15) is 5.26 Å². The Morgan fingerprint density at radius 1 is 1.43 bits per heavy atom. The van der Waals surface area contributed by atoms with Gasteiger partial charge < -0.3 is 4.74 Å². The third kappa shape index (κ3) is 9.40. The van der Waals surface area contributed by atoms with Gasteiger partial charge in [0.15, 0.2) is 0 Å². The number of carbonyl (C=O) groups is 1. The van der Waals surface area contributed by atoms with E-state index in [-0.39, 0.29) is 5.97 Å². The quantitative estimate of drug-likeness (QED) is 0.460. The minimum atomic E-state index is -0.207. The first-order chi connectivity index (χ1) is 6.81. The number of thioether (sulfide) groups is 1. The highest BCUT2D eigenvalue weighted by Crippen LogP contribution is 2.02. The van der Waals surface area contributed by atoms with Crippen LogP contribution in [0.25, 0.3) is 0 Å². The number of nitriles is 1. The highest BCUT2D eigenvalue weighted by atomic mass is 32.2. The van der Waals surface area contributed by atoms with E-state index in [4.69, 9.17) is 10.00 Å². The normalized spacial score (nSPS) is 9.43. The van der Waals surface area contributed by atoms with E-state index in [9.17, 15) is 4.79 Å². The van der Waals surface area contributed by atoms with Gasteiger partial charge in [0, 0.05) is 0 Å². The molecule has 0 unspecified atom stereocenters. The molecule has 0 aromatic heterocycles. The smallest absolute Gasteiger partial charge is 0.315 e. The molecule has 0 bridgehead atoms. The first-order valence-corrected chi connectivity index (χ1v) is 6.07. The Hall–Kier alpha value is -0.690. The molecule has 0 saturated heterocycles. The van der Waals surface area contributed by atoms with Crippen molar-refractivity contribution in [2.45, 2.75) is 32.6 Å². The average molecular weight is 215 g/mol. The molecule has 0 saturated carbocycles. The van der Waals surface area contributed by atoms with Gasteiger partial charge in [-0.15, -0.1) is 11.8 Å². The molecule has 0 aliphatic rings. The molecule has 0 aromatic carbocycles. The summed E-state index contributed by atoms with van der Waals surface area (Å²) < 4.78 is 4.97. The van der Waals surface area contributed by atoms with Crippen LogP contribution in [0.1, 0.15) is 32.6 Å². The highest BCUT2D eigenvalue weighted by molar-refractivity contribution is 8.00. The van der Waals surface area contributed by atoms with Crippen LogP contribution in [0.4, 0.5) is 0 Å². The lowest BCUT2D eigenvalue weighted by molar-refractivity contribution is -0.140. The monoisotopic (exact) mass is 215 g/mol. The third-order valence-electron chi connectivity index (χ3n) is 1.65. The maximum atomic E-state index is 11.0. The number of hydrogen-bond donors (Lipinski definition) is 0. The second kappa shape index (κ2) is 10.4. The van der Waals surface area contributed by atoms with Gasteiger partial charge in [-0.05, 0) is 6.42 Å². The van der Waals surface area contributed by atoms with Crippen molar-refractivity contribution in [3.05, 3.63) is 0 Å². The summed E-state index contributed by atoms with van der Waals surface area (Å²) >= 11 is 1.29. The molecule has 0 aliphatic heterocycles. The molecule has 80 valence electrons. The standard InChI is InChI=1S/C10H17NO2S/c1-2-3-4-5-7-13-10(12)9-14-8-6-11/h2-5,7-9H2,1H3. The van der Waals surface area contributed by atoms with Crippen molar-refractivity contribution < 1.29 is 9.53 Å². The summed E-state index contributed by atoms with van der Waals surface area (Å²) in [5.74, 6) is 0.438. The summed E-state index contributed by atoms with van der Waals surface area (Å²) in [5, 5.41) is 8.23. The van der Waals surface area contributed by atoms with E-state index in [1.807, 2.05) is 6.07 Å². The van der Waals surface area contributed by atoms with Crippen LogP contribution in [0.3, 0.4) is 0 Å². The molecule has 4 heteroatoms. The summed E-state index contributed by atoms with van der Waals surface area (Å²) in [6, 6.07) is 1.96. The number of nitrogens with zero attached hydrogens (tertiary/aromatic N) is 1. The maximum Gasteiger partial charge on any atom is 0.315 e. The Morgan fingerprint density at radius 2 is 2.21 bits per heavy atom. The van der Waals surface area contributed by atoms with E-state index in [2.05, 4.69) is 6.92 Å². The Morgan fingerprint density at radius 3 is 2.86 bits per heavy atom. The SMILES string of the molecule is CCCCCCOC(=O)CSCC#N. The van der Waals surface area contributed by atoms with E-state index in [1.54, 1.807) is 0 Å². The van der Waals surface area contributed by atoms with Gasteiger partial charge in [-0.3, -0.25) is 4.79 Å². The lowest BCUT2D eigenvalue weighted by atomic mass is 10.2. The fourth-order valence-corrected chi connectivity index (χ4v) is 1.38. The molecule has 0 heterocycles.